The minimum absolute atomic E-state index is 0.581. The number of pyridine rings is 1. The number of hydrogen-bond donors (Lipinski definition) is 0. The molecule has 3 rings (SSSR count). The van der Waals surface area contributed by atoms with Crippen molar-refractivity contribution in [2.45, 2.75) is 32.6 Å². The first-order valence-corrected chi connectivity index (χ1v) is 7.62. The van der Waals surface area contributed by atoms with Gasteiger partial charge in [0.15, 0.2) is 0 Å². The number of aryl methyl sites for hydroxylation is 2. The van der Waals surface area contributed by atoms with Gasteiger partial charge in [0.25, 0.3) is 0 Å². The quantitative estimate of drug-likeness (QED) is 0.631. The van der Waals surface area contributed by atoms with E-state index in [4.69, 9.17) is 0 Å². The van der Waals surface area contributed by atoms with E-state index in [2.05, 4.69) is 67.4 Å². The summed E-state index contributed by atoms with van der Waals surface area (Å²) in [5.74, 6) is 0.581. The Morgan fingerprint density at radius 3 is 2.57 bits per heavy atom. The maximum Gasteiger partial charge on any atom is 0.0702 e. The fraction of sp³-hybridized carbons (Fsp3) is 0.250. The van der Waals surface area contributed by atoms with Gasteiger partial charge in [0.05, 0.1) is 5.52 Å². The number of para-hydroxylation sites is 1. The third-order valence-electron chi connectivity index (χ3n) is 4.16. The monoisotopic (exact) mass is 275 g/mol. The van der Waals surface area contributed by atoms with Gasteiger partial charge in [0, 0.05) is 11.6 Å². The molecule has 0 saturated carbocycles. The van der Waals surface area contributed by atoms with Crippen LogP contribution in [0.15, 0.2) is 60.8 Å². The van der Waals surface area contributed by atoms with Gasteiger partial charge in [-0.05, 0) is 48.9 Å². The van der Waals surface area contributed by atoms with Crippen LogP contribution in [0.4, 0.5) is 0 Å². The lowest BCUT2D eigenvalue weighted by Gasteiger charge is -2.12. The van der Waals surface area contributed by atoms with Crippen molar-refractivity contribution in [3.05, 3.63) is 77.5 Å². The van der Waals surface area contributed by atoms with Gasteiger partial charge in [-0.2, -0.15) is 0 Å². The Bertz CT molecular complexity index is 728. The molecule has 0 fully saturated rings. The highest BCUT2D eigenvalue weighted by molar-refractivity contribution is 5.78. The summed E-state index contributed by atoms with van der Waals surface area (Å²) in [6.07, 6.45) is 4.25. The lowest BCUT2D eigenvalue weighted by atomic mass is 9.93. The Morgan fingerprint density at radius 2 is 1.76 bits per heavy atom. The second-order valence-electron chi connectivity index (χ2n) is 5.89. The second-order valence-corrected chi connectivity index (χ2v) is 5.89. The Labute approximate surface area is 126 Å². The molecular weight excluding hydrogens is 254 g/mol. The average Bonchev–Trinajstić information content (AvgIpc) is 2.53. The zero-order chi connectivity index (χ0) is 14.7. The van der Waals surface area contributed by atoms with E-state index in [0.717, 1.165) is 18.4 Å². The molecule has 0 spiro atoms. The number of fused-ring (bicyclic) bond motifs is 1. The number of benzene rings is 2. The lowest BCUT2D eigenvalue weighted by Crippen LogP contribution is -1.97. The van der Waals surface area contributed by atoms with Crippen LogP contribution in [-0.2, 0) is 6.42 Å². The normalized spacial score (nSPS) is 12.5. The minimum Gasteiger partial charge on any atom is -0.256 e. The molecule has 0 aliphatic heterocycles. The van der Waals surface area contributed by atoms with Crippen LogP contribution >= 0.6 is 0 Å². The third kappa shape index (κ3) is 3.30. The highest BCUT2D eigenvalue weighted by atomic mass is 14.6. The molecule has 0 unspecified atom stereocenters. The standard InChI is InChI=1S/C20H21N/c1-15-7-11-18(12-8-15)16(2)9-10-17-13-19-5-3-4-6-20(19)21-14-17/h3-8,11-14,16H,9-10H2,1-2H3/t16-/m0/s1. The van der Waals surface area contributed by atoms with Crippen molar-refractivity contribution in [3.63, 3.8) is 0 Å². The van der Waals surface area contributed by atoms with Gasteiger partial charge >= 0.3 is 0 Å². The molecule has 0 N–H and O–H groups in total. The van der Waals surface area contributed by atoms with Crippen LogP contribution in [0.25, 0.3) is 10.9 Å². The van der Waals surface area contributed by atoms with Crippen LogP contribution in [-0.4, -0.2) is 4.98 Å². The van der Waals surface area contributed by atoms with Gasteiger partial charge in [0.2, 0.25) is 0 Å². The topological polar surface area (TPSA) is 12.9 Å². The maximum absolute atomic E-state index is 4.54. The van der Waals surface area contributed by atoms with Crippen LogP contribution in [0, 0.1) is 6.92 Å². The largest absolute Gasteiger partial charge is 0.256 e. The van der Waals surface area contributed by atoms with Gasteiger partial charge in [-0.15, -0.1) is 0 Å². The molecular formula is C20H21N. The zero-order valence-corrected chi connectivity index (χ0v) is 12.7. The van der Waals surface area contributed by atoms with Crippen molar-refractivity contribution < 1.29 is 0 Å². The molecule has 1 atom stereocenters. The van der Waals surface area contributed by atoms with Crippen molar-refractivity contribution in [1.29, 1.82) is 0 Å². The van der Waals surface area contributed by atoms with Crippen molar-refractivity contribution in [1.82, 2.24) is 4.98 Å². The minimum atomic E-state index is 0.581. The number of rotatable bonds is 4. The number of aromatic nitrogens is 1. The van der Waals surface area contributed by atoms with Crippen molar-refractivity contribution in [2.24, 2.45) is 0 Å². The summed E-state index contributed by atoms with van der Waals surface area (Å²) in [6.45, 7) is 4.44. The molecule has 3 aromatic rings. The lowest BCUT2D eigenvalue weighted by molar-refractivity contribution is 0.679. The van der Waals surface area contributed by atoms with E-state index in [0.29, 0.717) is 5.92 Å². The molecule has 0 aliphatic rings. The first kappa shape index (κ1) is 13.8. The first-order valence-electron chi connectivity index (χ1n) is 7.62. The van der Waals surface area contributed by atoms with E-state index >= 15 is 0 Å². The average molecular weight is 275 g/mol. The predicted molar refractivity (Wildman–Crippen MR) is 89.7 cm³/mol. The predicted octanol–water partition coefficient (Wildman–Crippen LogP) is 5.28. The summed E-state index contributed by atoms with van der Waals surface area (Å²) in [5.41, 5.74) is 5.15. The molecule has 1 aromatic heterocycles. The molecule has 0 aliphatic carbocycles. The summed E-state index contributed by atoms with van der Waals surface area (Å²) in [4.78, 5) is 4.54. The Morgan fingerprint density at radius 1 is 1.00 bits per heavy atom. The van der Waals surface area contributed by atoms with E-state index in [1.54, 1.807) is 0 Å². The smallest absolute Gasteiger partial charge is 0.0702 e. The molecule has 0 radical (unpaired) electrons. The van der Waals surface area contributed by atoms with Crippen LogP contribution < -0.4 is 0 Å². The molecule has 0 amide bonds. The summed E-state index contributed by atoms with van der Waals surface area (Å²) in [7, 11) is 0. The molecule has 1 heteroatoms. The summed E-state index contributed by atoms with van der Waals surface area (Å²) in [6, 6.07) is 19.5. The van der Waals surface area contributed by atoms with Crippen LogP contribution in [0.3, 0.4) is 0 Å². The van der Waals surface area contributed by atoms with E-state index in [9.17, 15) is 0 Å². The number of hydrogen-bond acceptors (Lipinski definition) is 1. The van der Waals surface area contributed by atoms with Crippen molar-refractivity contribution >= 4 is 10.9 Å². The number of nitrogens with zero attached hydrogens (tertiary/aromatic N) is 1. The molecule has 106 valence electrons. The summed E-state index contributed by atoms with van der Waals surface area (Å²) < 4.78 is 0. The summed E-state index contributed by atoms with van der Waals surface area (Å²) in [5, 5.41) is 1.23. The highest BCUT2D eigenvalue weighted by Crippen LogP contribution is 2.22. The molecule has 0 bridgehead atoms. The first-order chi connectivity index (χ1) is 10.2. The molecule has 21 heavy (non-hydrogen) atoms. The third-order valence-corrected chi connectivity index (χ3v) is 4.16. The van der Waals surface area contributed by atoms with Crippen molar-refractivity contribution in [3.8, 4) is 0 Å². The zero-order valence-electron chi connectivity index (χ0n) is 12.7. The van der Waals surface area contributed by atoms with E-state index in [1.807, 2.05) is 12.3 Å². The molecule has 1 heterocycles. The van der Waals surface area contributed by atoms with Crippen molar-refractivity contribution in [2.75, 3.05) is 0 Å². The highest BCUT2D eigenvalue weighted by Gasteiger charge is 2.06. The molecule has 2 aromatic carbocycles. The van der Waals surface area contributed by atoms with Crippen LogP contribution in [0.5, 0.6) is 0 Å². The van der Waals surface area contributed by atoms with Gasteiger partial charge in [-0.1, -0.05) is 55.0 Å². The molecule has 1 nitrogen and oxygen atoms in total. The van der Waals surface area contributed by atoms with Crippen LogP contribution in [0.1, 0.15) is 36.0 Å². The summed E-state index contributed by atoms with van der Waals surface area (Å²) >= 11 is 0. The Kier molecular flexibility index (Phi) is 4.01. The molecule has 0 saturated heterocycles. The SMILES string of the molecule is Cc1ccc([C@@H](C)CCc2cnc3ccccc3c2)cc1. The Hall–Kier alpha value is -2.15. The van der Waals surface area contributed by atoms with Gasteiger partial charge in [-0.3, -0.25) is 4.98 Å². The maximum atomic E-state index is 4.54. The van der Waals surface area contributed by atoms with E-state index < -0.39 is 0 Å². The van der Waals surface area contributed by atoms with Gasteiger partial charge in [-0.25, -0.2) is 0 Å². The van der Waals surface area contributed by atoms with Gasteiger partial charge < -0.3 is 0 Å². The second kappa shape index (κ2) is 6.09. The van der Waals surface area contributed by atoms with Crippen LogP contribution in [0.2, 0.25) is 0 Å². The fourth-order valence-electron chi connectivity index (χ4n) is 2.70. The fourth-order valence-corrected chi connectivity index (χ4v) is 2.70. The Balaban J connectivity index is 1.69. The van der Waals surface area contributed by atoms with Gasteiger partial charge in [0.1, 0.15) is 0 Å². The van der Waals surface area contributed by atoms with E-state index in [-0.39, 0.29) is 0 Å². The van der Waals surface area contributed by atoms with E-state index in [1.165, 1.54) is 22.1 Å².